The van der Waals surface area contributed by atoms with Gasteiger partial charge in [-0.15, -0.1) is 0 Å². The first kappa shape index (κ1) is 38.9. The lowest BCUT2D eigenvalue weighted by atomic mass is 10.0. The third-order valence-electron chi connectivity index (χ3n) is 9.49. The molecule has 4 aromatic carbocycles. The van der Waals surface area contributed by atoms with E-state index in [1.165, 1.54) is 0 Å². The number of amides is 5. The minimum atomic E-state index is -0.550. The molecule has 12 nitrogen and oxygen atoms in total. The lowest BCUT2D eigenvalue weighted by molar-refractivity contribution is -0.0115. The highest BCUT2D eigenvalue weighted by Crippen LogP contribution is 2.29. The molecule has 1 heterocycles. The molecule has 0 saturated carbocycles. The third-order valence-corrected chi connectivity index (χ3v) is 9.49. The second kappa shape index (κ2) is 18.4. The number of methoxy groups -OCH3 is 1. The van der Waals surface area contributed by atoms with Gasteiger partial charge in [0, 0.05) is 49.4 Å². The van der Waals surface area contributed by atoms with E-state index in [0.29, 0.717) is 29.5 Å². The molecule has 0 radical (unpaired) electrons. The van der Waals surface area contributed by atoms with Gasteiger partial charge in [-0.3, -0.25) is 4.79 Å². The molecule has 4 atom stereocenters. The highest BCUT2D eigenvalue weighted by atomic mass is 16.5. The van der Waals surface area contributed by atoms with E-state index in [9.17, 15) is 19.5 Å². The first-order valence-corrected chi connectivity index (χ1v) is 18.1. The van der Waals surface area contributed by atoms with Crippen LogP contribution in [0.3, 0.4) is 0 Å². The zero-order chi connectivity index (χ0) is 37.9. The molecule has 0 aliphatic carbocycles. The minimum Gasteiger partial charge on any atom is -0.497 e. The van der Waals surface area contributed by atoms with Crippen LogP contribution in [0.15, 0.2) is 84.9 Å². The number of carbonyl (C=O) groups is 3. The second-order valence-corrected chi connectivity index (χ2v) is 13.7. The average Bonchev–Trinajstić information content (AvgIpc) is 3.16. The number of aliphatic hydroxyl groups is 1. The fourth-order valence-electron chi connectivity index (χ4n) is 6.33. The number of ether oxygens (including phenoxy) is 3. The van der Waals surface area contributed by atoms with Crippen molar-refractivity contribution in [2.75, 3.05) is 56.4 Å². The number of carbonyl (C=O) groups excluding carboxylic acids is 3. The van der Waals surface area contributed by atoms with Gasteiger partial charge in [-0.05, 0) is 87.0 Å². The van der Waals surface area contributed by atoms with Crippen molar-refractivity contribution in [3.63, 3.8) is 0 Å². The summed E-state index contributed by atoms with van der Waals surface area (Å²) < 4.78 is 17.9. The molecule has 5 amide bonds. The van der Waals surface area contributed by atoms with Crippen LogP contribution in [0.2, 0.25) is 0 Å². The quantitative estimate of drug-likeness (QED) is 0.148. The Hall–Kier alpha value is -5.33. The first-order valence-electron chi connectivity index (χ1n) is 18.1. The largest absolute Gasteiger partial charge is 0.497 e. The van der Waals surface area contributed by atoms with Crippen molar-refractivity contribution in [1.82, 2.24) is 9.80 Å². The predicted octanol–water partition coefficient (Wildman–Crippen LogP) is 7.45. The summed E-state index contributed by atoms with van der Waals surface area (Å²) >= 11 is 0. The molecule has 1 aliphatic rings. The molecule has 0 unspecified atom stereocenters. The number of nitrogens with one attached hydrogen (secondary N) is 3. The minimum absolute atomic E-state index is 0.205. The summed E-state index contributed by atoms with van der Waals surface area (Å²) in [6.45, 7) is 6.44. The van der Waals surface area contributed by atoms with E-state index < -0.39 is 18.2 Å². The van der Waals surface area contributed by atoms with Gasteiger partial charge in [0.15, 0.2) is 0 Å². The fraction of sp³-hybridized carbons (Fsp3) is 0.390. The first-order chi connectivity index (χ1) is 25.6. The molecule has 1 aliphatic heterocycles. The molecule has 0 aromatic heterocycles. The zero-order valence-electron chi connectivity index (χ0n) is 31.1. The summed E-state index contributed by atoms with van der Waals surface area (Å²) in [6.07, 6.45) is 1.74. The van der Waals surface area contributed by atoms with Crippen molar-refractivity contribution >= 4 is 45.8 Å². The molecular weight excluding hydrogens is 674 g/mol. The number of likely N-dealkylation sites (N-methyl/N-ethyl adjacent to an activating group) is 1. The number of hydrogen-bond acceptors (Lipinski definition) is 7. The zero-order valence-corrected chi connectivity index (χ0v) is 31.1. The molecule has 0 bridgehead atoms. The Labute approximate surface area is 311 Å². The molecule has 0 fully saturated rings. The smallest absolute Gasteiger partial charge is 0.323 e. The van der Waals surface area contributed by atoms with E-state index in [1.54, 1.807) is 73.3 Å². The van der Waals surface area contributed by atoms with E-state index >= 15 is 0 Å². The van der Waals surface area contributed by atoms with E-state index in [1.807, 2.05) is 56.3 Å². The Balaban J connectivity index is 1.36. The van der Waals surface area contributed by atoms with Crippen LogP contribution in [0.1, 0.15) is 50.4 Å². The van der Waals surface area contributed by atoms with E-state index in [-0.39, 0.29) is 49.2 Å². The van der Waals surface area contributed by atoms with Gasteiger partial charge in [0.1, 0.15) is 11.5 Å². The fourth-order valence-corrected chi connectivity index (χ4v) is 6.33. The maximum atomic E-state index is 14.5. The van der Waals surface area contributed by atoms with Crippen molar-refractivity contribution in [2.24, 2.45) is 5.92 Å². The molecule has 4 N–H and O–H groups in total. The summed E-state index contributed by atoms with van der Waals surface area (Å²) in [5.74, 6) is 0.459. The summed E-state index contributed by atoms with van der Waals surface area (Å²) in [5, 5.41) is 20.9. The molecule has 12 heteroatoms. The Morgan fingerprint density at radius 2 is 1.68 bits per heavy atom. The summed E-state index contributed by atoms with van der Waals surface area (Å²) in [7, 11) is 3.30. The standard InChI is InChI=1S/C41H51N5O7/c1-27-24-46(28(2)26-47)39(48)35-23-32(43-40(49)42-31-16-19-33(51-5)20-17-31)18-21-37(35)53-29(3)11-8-9-22-52-38(27)25-45(4)41(50)44-36-15-10-13-30-12-6-7-14-34(30)36/h6-7,10,12-21,23,27-29,38,47H,8-9,11,22,24-26H2,1-5H3,(H,44,50)(H2,42,43,49)/t27-,28-,29+,38+/m0/s1. The normalized spacial score (nSPS) is 18.9. The number of urea groups is 2. The molecule has 5 rings (SSSR count). The number of nitrogens with zero attached hydrogens (tertiary/aromatic N) is 2. The molecule has 282 valence electrons. The topological polar surface area (TPSA) is 142 Å². The molecule has 53 heavy (non-hydrogen) atoms. The van der Waals surface area contributed by atoms with Crippen molar-refractivity contribution in [3.8, 4) is 11.5 Å². The van der Waals surface area contributed by atoms with Gasteiger partial charge >= 0.3 is 12.1 Å². The lowest BCUT2D eigenvalue weighted by Crippen LogP contribution is -2.48. The van der Waals surface area contributed by atoms with Gasteiger partial charge < -0.3 is 45.1 Å². The maximum absolute atomic E-state index is 14.5. The van der Waals surface area contributed by atoms with Gasteiger partial charge in [-0.1, -0.05) is 43.3 Å². The summed E-state index contributed by atoms with van der Waals surface area (Å²) in [5.41, 5.74) is 1.94. The third kappa shape index (κ3) is 10.4. The molecule has 0 saturated heterocycles. The Morgan fingerprint density at radius 1 is 0.962 bits per heavy atom. The summed E-state index contributed by atoms with van der Waals surface area (Å²) in [4.78, 5) is 44.1. The predicted molar refractivity (Wildman–Crippen MR) is 208 cm³/mol. The van der Waals surface area contributed by atoms with Crippen LogP contribution in [0, 0.1) is 5.92 Å². The number of anilines is 3. The monoisotopic (exact) mass is 725 g/mol. The van der Waals surface area contributed by atoms with Gasteiger partial charge in [0.05, 0.1) is 43.2 Å². The van der Waals surface area contributed by atoms with Gasteiger partial charge in [0.25, 0.3) is 5.91 Å². The van der Waals surface area contributed by atoms with E-state index in [2.05, 4.69) is 16.0 Å². The SMILES string of the molecule is COc1ccc(NC(=O)Nc2ccc3c(c2)C(=O)N([C@@H](C)CO)C[C@H](C)[C@@H](CN(C)C(=O)Nc2cccc4ccccc24)OCCCC[C@@H](C)O3)cc1. The van der Waals surface area contributed by atoms with Crippen LogP contribution in [0.4, 0.5) is 26.7 Å². The van der Waals surface area contributed by atoms with Crippen LogP contribution < -0.4 is 25.4 Å². The summed E-state index contributed by atoms with van der Waals surface area (Å²) in [6, 6.07) is 24.3. The van der Waals surface area contributed by atoms with Crippen molar-refractivity contribution < 1.29 is 33.7 Å². The van der Waals surface area contributed by atoms with Crippen LogP contribution in [0.5, 0.6) is 11.5 Å². The number of aliphatic hydroxyl groups excluding tert-OH is 1. The maximum Gasteiger partial charge on any atom is 0.323 e. The Bertz CT molecular complexity index is 1850. The molecular formula is C41H51N5O7. The number of rotatable bonds is 8. The highest BCUT2D eigenvalue weighted by molar-refractivity contribution is 6.03. The van der Waals surface area contributed by atoms with E-state index in [4.69, 9.17) is 14.2 Å². The van der Waals surface area contributed by atoms with E-state index in [0.717, 1.165) is 35.7 Å². The Kier molecular flexibility index (Phi) is 13.5. The molecule has 4 aromatic rings. The second-order valence-electron chi connectivity index (χ2n) is 13.7. The van der Waals surface area contributed by atoms with Crippen molar-refractivity contribution in [1.29, 1.82) is 0 Å². The number of benzene rings is 4. The van der Waals surface area contributed by atoms with Gasteiger partial charge in [0.2, 0.25) is 0 Å². The number of hydrogen-bond donors (Lipinski definition) is 4. The van der Waals surface area contributed by atoms with Crippen LogP contribution in [-0.4, -0.2) is 91.6 Å². The van der Waals surface area contributed by atoms with Crippen LogP contribution in [0.25, 0.3) is 10.8 Å². The average molecular weight is 726 g/mol. The number of fused-ring (bicyclic) bond motifs is 2. The lowest BCUT2D eigenvalue weighted by Gasteiger charge is -2.35. The molecule has 0 spiro atoms. The highest BCUT2D eigenvalue weighted by Gasteiger charge is 2.31. The van der Waals surface area contributed by atoms with Gasteiger partial charge in [-0.25, -0.2) is 9.59 Å². The van der Waals surface area contributed by atoms with Crippen molar-refractivity contribution in [3.05, 3.63) is 90.5 Å². The van der Waals surface area contributed by atoms with Crippen molar-refractivity contribution in [2.45, 2.75) is 58.3 Å². The Morgan fingerprint density at radius 3 is 2.43 bits per heavy atom. The van der Waals surface area contributed by atoms with Crippen LogP contribution >= 0.6 is 0 Å². The van der Waals surface area contributed by atoms with Gasteiger partial charge in [-0.2, -0.15) is 0 Å². The van der Waals surface area contributed by atoms with Crippen LogP contribution in [-0.2, 0) is 4.74 Å².